The maximum atomic E-state index is 12.4. The van der Waals surface area contributed by atoms with Gasteiger partial charge in [0.1, 0.15) is 5.75 Å². The number of esters is 1. The Balaban J connectivity index is 1.90. The average molecular weight is 415 g/mol. The monoisotopic (exact) mass is 414 g/mol. The molecule has 2 aromatic rings. The van der Waals surface area contributed by atoms with Gasteiger partial charge in [-0.25, -0.2) is 4.79 Å². The number of amides is 1. The SMILES string of the molecule is CCOC(=O)c1ccc(NC(=S)NC(=O)c2cccc(OCCC(C)C)c2)cc1. The minimum Gasteiger partial charge on any atom is -0.494 e. The molecule has 2 aromatic carbocycles. The van der Waals surface area contributed by atoms with Gasteiger partial charge in [0.05, 0.1) is 18.8 Å². The van der Waals surface area contributed by atoms with E-state index in [-0.39, 0.29) is 17.0 Å². The third kappa shape index (κ3) is 7.54. The summed E-state index contributed by atoms with van der Waals surface area (Å²) >= 11 is 5.20. The molecule has 0 aromatic heterocycles. The van der Waals surface area contributed by atoms with Gasteiger partial charge in [0, 0.05) is 11.3 Å². The quantitative estimate of drug-likeness (QED) is 0.492. The smallest absolute Gasteiger partial charge is 0.338 e. The van der Waals surface area contributed by atoms with E-state index in [1.165, 1.54) is 0 Å². The minimum absolute atomic E-state index is 0.157. The molecular formula is C22H26N2O4S. The molecule has 0 spiro atoms. The van der Waals surface area contributed by atoms with E-state index in [2.05, 4.69) is 24.5 Å². The number of hydrogen-bond donors (Lipinski definition) is 2. The van der Waals surface area contributed by atoms with Crippen molar-refractivity contribution < 1.29 is 19.1 Å². The van der Waals surface area contributed by atoms with Gasteiger partial charge in [0.15, 0.2) is 5.11 Å². The van der Waals surface area contributed by atoms with E-state index in [9.17, 15) is 9.59 Å². The number of hydrogen-bond acceptors (Lipinski definition) is 5. The van der Waals surface area contributed by atoms with Crippen molar-refractivity contribution in [2.45, 2.75) is 27.2 Å². The zero-order chi connectivity index (χ0) is 21.2. The second-order valence-electron chi connectivity index (χ2n) is 6.76. The van der Waals surface area contributed by atoms with Crippen LogP contribution in [0.5, 0.6) is 5.75 Å². The minimum atomic E-state index is -0.384. The summed E-state index contributed by atoms with van der Waals surface area (Å²) < 4.78 is 10.6. The number of rotatable bonds is 8. The first kappa shape index (κ1) is 22.4. The molecule has 0 atom stereocenters. The summed E-state index contributed by atoms with van der Waals surface area (Å²) in [6.45, 7) is 6.93. The second-order valence-corrected chi connectivity index (χ2v) is 7.17. The number of carbonyl (C=O) groups is 2. The fourth-order valence-electron chi connectivity index (χ4n) is 2.38. The molecule has 1 amide bonds. The van der Waals surface area contributed by atoms with Crippen LogP contribution in [0.2, 0.25) is 0 Å². The van der Waals surface area contributed by atoms with Crippen LogP contribution in [0.3, 0.4) is 0 Å². The lowest BCUT2D eigenvalue weighted by Crippen LogP contribution is -2.34. The number of carbonyl (C=O) groups excluding carboxylic acids is 2. The van der Waals surface area contributed by atoms with Crippen LogP contribution in [0.1, 0.15) is 47.9 Å². The molecule has 0 aliphatic heterocycles. The van der Waals surface area contributed by atoms with Gasteiger partial charge in [-0.05, 0) is 73.9 Å². The van der Waals surface area contributed by atoms with Crippen LogP contribution < -0.4 is 15.4 Å². The van der Waals surface area contributed by atoms with E-state index in [0.29, 0.717) is 41.7 Å². The number of anilines is 1. The van der Waals surface area contributed by atoms with Crippen molar-refractivity contribution in [3.8, 4) is 5.75 Å². The van der Waals surface area contributed by atoms with Crippen LogP contribution in [0.4, 0.5) is 5.69 Å². The van der Waals surface area contributed by atoms with Crippen molar-refractivity contribution in [3.05, 3.63) is 59.7 Å². The molecule has 0 fully saturated rings. The molecule has 2 N–H and O–H groups in total. The lowest BCUT2D eigenvalue weighted by atomic mass is 10.1. The predicted molar refractivity (Wildman–Crippen MR) is 117 cm³/mol. The Morgan fingerprint density at radius 2 is 1.79 bits per heavy atom. The molecule has 7 heteroatoms. The van der Waals surface area contributed by atoms with Gasteiger partial charge in [-0.3, -0.25) is 10.1 Å². The second kappa shape index (κ2) is 11.2. The first-order valence-electron chi connectivity index (χ1n) is 9.51. The third-order valence-corrected chi connectivity index (χ3v) is 4.15. The summed E-state index contributed by atoms with van der Waals surface area (Å²) in [6, 6.07) is 13.6. The molecule has 0 aliphatic carbocycles. The van der Waals surface area contributed by atoms with E-state index < -0.39 is 0 Å². The maximum Gasteiger partial charge on any atom is 0.338 e. The highest BCUT2D eigenvalue weighted by Crippen LogP contribution is 2.15. The van der Waals surface area contributed by atoms with Crippen LogP contribution in [-0.4, -0.2) is 30.2 Å². The number of benzene rings is 2. The third-order valence-electron chi connectivity index (χ3n) is 3.94. The van der Waals surface area contributed by atoms with Crippen molar-refractivity contribution in [1.82, 2.24) is 5.32 Å². The van der Waals surface area contributed by atoms with Gasteiger partial charge in [-0.1, -0.05) is 19.9 Å². The molecule has 0 radical (unpaired) electrons. The first-order chi connectivity index (χ1) is 13.9. The normalized spacial score (nSPS) is 10.3. The lowest BCUT2D eigenvalue weighted by molar-refractivity contribution is 0.0526. The molecule has 0 aliphatic rings. The van der Waals surface area contributed by atoms with Gasteiger partial charge in [0.25, 0.3) is 5.91 Å². The molecular weight excluding hydrogens is 388 g/mol. The number of nitrogens with one attached hydrogen (secondary N) is 2. The Kier molecular flexibility index (Phi) is 8.61. The van der Waals surface area contributed by atoms with Crippen LogP contribution in [0, 0.1) is 5.92 Å². The van der Waals surface area contributed by atoms with Crippen molar-refractivity contribution in [1.29, 1.82) is 0 Å². The molecule has 6 nitrogen and oxygen atoms in total. The Labute approximate surface area is 176 Å². The Morgan fingerprint density at radius 1 is 1.07 bits per heavy atom. The Hall–Kier alpha value is -2.93. The van der Waals surface area contributed by atoms with Gasteiger partial charge in [-0.2, -0.15) is 0 Å². The summed E-state index contributed by atoms with van der Waals surface area (Å²) in [6.07, 6.45) is 0.944. The topological polar surface area (TPSA) is 76.7 Å². The van der Waals surface area contributed by atoms with E-state index >= 15 is 0 Å². The van der Waals surface area contributed by atoms with Crippen molar-refractivity contribution in [2.24, 2.45) is 5.92 Å². The van der Waals surface area contributed by atoms with Crippen LogP contribution in [0.15, 0.2) is 48.5 Å². The largest absolute Gasteiger partial charge is 0.494 e. The molecule has 29 heavy (non-hydrogen) atoms. The molecule has 0 saturated heterocycles. The lowest BCUT2D eigenvalue weighted by Gasteiger charge is -2.11. The van der Waals surface area contributed by atoms with Gasteiger partial charge >= 0.3 is 5.97 Å². The molecule has 0 heterocycles. The molecule has 2 rings (SSSR count). The van der Waals surface area contributed by atoms with E-state index in [0.717, 1.165) is 6.42 Å². The summed E-state index contributed by atoms with van der Waals surface area (Å²) in [7, 11) is 0. The van der Waals surface area contributed by atoms with Crippen LogP contribution in [0.25, 0.3) is 0 Å². The number of ether oxygens (including phenoxy) is 2. The van der Waals surface area contributed by atoms with E-state index in [1.807, 2.05) is 6.07 Å². The summed E-state index contributed by atoms with van der Waals surface area (Å²) in [5, 5.41) is 5.71. The van der Waals surface area contributed by atoms with Gasteiger partial charge < -0.3 is 14.8 Å². The van der Waals surface area contributed by atoms with Crippen LogP contribution in [-0.2, 0) is 4.74 Å². The molecule has 0 saturated carbocycles. The van der Waals surface area contributed by atoms with Gasteiger partial charge in [0.2, 0.25) is 0 Å². The highest BCUT2D eigenvalue weighted by Gasteiger charge is 2.10. The molecule has 0 bridgehead atoms. The van der Waals surface area contributed by atoms with Crippen LogP contribution >= 0.6 is 12.2 Å². The van der Waals surface area contributed by atoms with E-state index in [4.69, 9.17) is 21.7 Å². The Bertz CT molecular complexity index is 850. The Morgan fingerprint density at radius 3 is 2.45 bits per heavy atom. The number of thiocarbonyl (C=S) groups is 1. The highest BCUT2D eigenvalue weighted by atomic mass is 32.1. The summed E-state index contributed by atoms with van der Waals surface area (Å²) in [5.74, 6) is 0.480. The highest BCUT2D eigenvalue weighted by molar-refractivity contribution is 7.80. The molecule has 0 unspecified atom stereocenters. The average Bonchev–Trinajstić information content (AvgIpc) is 2.68. The zero-order valence-corrected chi connectivity index (χ0v) is 17.7. The van der Waals surface area contributed by atoms with Gasteiger partial charge in [-0.15, -0.1) is 0 Å². The first-order valence-corrected chi connectivity index (χ1v) is 9.92. The standard InChI is InChI=1S/C22H26N2O4S/c1-4-27-21(26)16-8-10-18(11-9-16)23-22(29)24-20(25)17-6-5-7-19(14-17)28-13-12-15(2)3/h5-11,14-15H,4,12-13H2,1-3H3,(H2,23,24,25,29). The fraction of sp³-hybridized carbons (Fsp3) is 0.318. The molecule has 154 valence electrons. The zero-order valence-electron chi connectivity index (χ0n) is 16.9. The van der Waals surface area contributed by atoms with Crippen molar-refractivity contribution in [2.75, 3.05) is 18.5 Å². The fourth-order valence-corrected chi connectivity index (χ4v) is 2.59. The summed E-state index contributed by atoms with van der Waals surface area (Å²) in [5.41, 5.74) is 1.55. The van der Waals surface area contributed by atoms with E-state index in [1.54, 1.807) is 49.4 Å². The summed E-state index contributed by atoms with van der Waals surface area (Å²) in [4.78, 5) is 24.1. The van der Waals surface area contributed by atoms with Crippen molar-refractivity contribution in [3.63, 3.8) is 0 Å². The van der Waals surface area contributed by atoms with Crippen molar-refractivity contribution >= 4 is 34.9 Å². The maximum absolute atomic E-state index is 12.4. The predicted octanol–water partition coefficient (Wildman–Crippen LogP) is 4.42.